The van der Waals surface area contributed by atoms with Crippen LogP contribution in [0.15, 0.2) is 35.2 Å². The van der Waals surface area contributed by atoms with E-state index in [-0.39, 0.29) is 4.90 Å². The first-order valence-corrected chi connectivity index (χ1v) is 6.07. The van der Waals surface area contributed by atoms with Crippen molar-refractivity contribution in [2.75, 3.05) is 0 Å². The number of nitrogens with zero attached hydrogens (tertiary/aromatic N) is 2. The molecule has 0 unspecified atom stereocenters. The predicted molar refractivity (Wildman–Crippen MR) is 63.0 cm³/mol. The summed E-state index contributed by atoms with van der Waals surface area (Å²) >= 11 is 6.74. The Morgan fingerprint density at radius 3 is 2.65 bits per heavy atom. The fourth-order valence-corrected chi connectivity index (χ4v) is 2.12. The molecule has 0 radical (unpaired) electrons. The van der Waals surface area contributed by atoms with Crippen molar-refractivity contribution in [1.82, 2.24) is 10.2 Å². The van der Waals surface area contributed by atoms with Crippen LogP contribution in [0.3, 0.4) is 0 Å². The lowest BCUT2D eigenvalue weighted by atomic mass is 10.3. The van der Waals surface area contributed by atoms with Crippen molar-refractivity contribution in [2.45, 2.75) is 10.6 Å². The first-order valence-electron chi connectivity index (χ1n) is 4.71. The van der Waals surface area contributed by atoms with Crippen LogP contribution in [0.25, 0.3) is 0 Å². The minimum atomic E-state index is -0.462. The summed E-state index contributed by atoms with van der Waals surface area (Å²) in [6.45, 7) is 0. The second-order valence-corrected chi connectivity index (χ2v) is 4.62. The van der Waals surface area contributed by atoms with E-state index in [2.05, 4.69) is 10.2 Å². The summed E-state index contributed by atoms with van der Waals surface area (Å²) in [6.07, 6.45) is 0. The van der Waals surface area contributed by atoms with Gasteiger partial charge in [0, 0.05) is 10.6 Å². The molecule has 0 atom stereocenters. The van der Waals surface area contributed by atoms with E-state index >= 15 is 0 Å². The summed E-state index contributed by atoms with van der Waals surface area (Å²) < 4.78 is 26.2. The van der Waals surface area contributed by atoms with Gasteiger partial charge < -0.3 is 0 Å². The van der Waals surface area contributed by atoms with Crippen molar-refractivity contribution >= 4 is 23.4 Å². The molecule has 0 aliphatic rings. The smallest absolute Gasteiger partial charge is 0.151 e. The number of hydrogen-bond donors (Lipinski definition) is 0. The average Bonchev–Trinajstić information content (AvgIpc) is 2.32. The van der Waals surface area contributed by atoms with Crippen molar-refractivity contribution in [2.24, 2.45) is 0 Å². The van der Waals surface area contributed by atoms with Crippen LogP contribution in [0, 0.1) is 11.6 Å². The molecule has 0 aliphatic carbocycles. The molecule has 0 fully saturated rings. The Morgan fingerprint density at radius 2 is 1.94 bits per heavy atom. The van der Waals surface area contributed by atoms with Gasteiger partial charge in [-0.3, -0.25) is 0 Å². The Bertz CT molecular complexity index is 519. The van der Waals surface area contributed by atoms with Gasteiger partial charge in [-0.15, -0.1) is 16.9 Å². The average molecular weight is 273 g/mol. The van der Waals surface area contributed by atoms with Crippen molar-refractivity contribution in [1.29, 1.82) is 0 Å². The zero-order valence-electron chi connectivity index (χ0n) is 8.53. The van der Waals surface area contributed by atoms with Gasteiger partial charge in [-0.05, 0) is 30.3 Å². The highest BCUT2D eigenvalue weighted by molar-refractivity contribution is 7.98. The first-order chi connectivity index (χ1) is 8.15. The van der Waals surface area contributed by atoms with E-state index in [1.165, 1.54) is 0 Å². The standard InChI is InChI=1S/C11H7ClF2N2S/c12-11-4-2-8(15-16-11)6-17-10-5-7(13)1-3-9(10)14/h1-5H,6H2. The lowest BCUT2D eigenvalue weighted by Crippen LogP contribution is -1.91. The van der Waals surface area contributed by atoms with Crippen LogP contribution in [0.2, 0.25) is 5.15 Å². The molecule has 0 saturated carbocycles. The van der Waals surface area contributed by atoms with Gasteiger partial charge in [-0.2, -0.15) is 5.10 Å². The van der Waals surface area contributed by atoms with Crippen molar-refractivity contribution in [3.05, 3.63) is 52.8 Å². The molecule has 1 heterocycles. The zero-order chi connectivity index (χ0) is 12.3. The highest BCUT2D eigenvalue weighted by Crippen LogP contribution is 2.25. The third-order valence-corrected chi connectivity index (χ3v) is 3.22. The minimum Gasteiger partial charge on any atom is -0.207 e. The Labute approximate surface area is 106 Å². The van der Waals surface area contributed by atoms with Crippen LogP contribution in [-0.4, -0.2) is 10.2 Å². The normalized spacial score (nSPS) is 10.5. The quantitative estimate of drug-likeness (QED) is 0.797. The molecular formula is C11H7ClF2N2S. The summed E-state index contributed by atoms with van der Waals surface area (Å²) in [5, 5.41) is 7.79. The third kappa shape index (κ3) is 3.38. The lowest BCUT2D eigenvalue weighted by Gasteiger charge is -2.02. The fourth-order valence-electron chi connectivity index (χ4n) is 1.16. The van der Waals surface area contributed by atoms with Gasteiger partial charge in [0.15, 0.2) is 5.15 Å². The van der Waals surface area contributed by atoms with Crippen LogP contribution < -0.4 is 0 Å². The Hall–Kier alpha value is -1.20. The summed E-state index contributed by atoms with van der Waals surface area (Å²) in [4.78, 5) is 0.252. The highest BCUT2D eigenvalue weighted by atomic mass is 35.5. The molecule has 0 amide bonds. The van der Waals surface area contributed by atoms with E-state index in [4.69, 9.17) is 11.6 Å². The number of benzene rings is 1. The summed E-state index contributed by atoms with van der Waals surface area (Å²) in [5.74, 6) is -0.501. The zero-order valence-corrected chi connectivity index (χ0v) is 10.1. The highest BCUT2D eigenvalue weighted by Gasteiger charge is 2.05. The fraction of sp³-hybridized carbons (Fsp3) is 0.0909. The SMILES string of the molecule is Fc1ccc(F)c(SCc2ccc(Cl)nn2)c1. The van der Waals surface area contributed by atoms with Crippen LogP contribution >= 0.6 is 23.4 Å². The van der Waals surface area contributed by atoms with E-state index in [9.17, 15) is 8.78 Å². The Balaban J connectivity index is 2.07. The summed E-state index contributed by atoms with van der Waals surface area (Å²) in [7, 11) is 0. The van der Waals surface area contributed by atoms with E-state index in [1.54, 1.807) is 12.1 Å². The topological polar surface area (TPSA) is 25.8 Å². The molecule has 2 aromatic rings. The second kappa shape index (κ2) is 5.42. The van der Waals surface area contributed by atoms with E-state index in [0.29, 0.717) is 16.6 Å². The van der Waals surface area contributed by atoms with Gasteiger partial charge in [0.2, 0.25) is 0 Å². The summed E-state index contributed by atoms with van der Waals surface area (Å²) in [5.41, 5.74) is 0.656. The van der Waals surface area contributed by atoms with Gasteiger partial charge in [-0.25, -0.2) is 8.78 Å². The molecule has 6 heteroatoms. The number of halogens is 3. The Morgan fingerprint density at radius 1 is 1.12 bits per heavy atom. The van der Waals surface area contributed by atoms with Gasteiger partial charge >= 0.3 is 0 Å². The largest absolute Gasteiger partial charge is 0.207 e. The minimum absolute atomic E-state index is 0.252. The molecule has 0 spiro atoms. The van der Waals surface area contributed by atoms with Crippen LogP contribution in [-0.2, 0) is 5.75 Å². The van der Waals surface area contributed by atoms with E-state index < -0.39 is 11.6 Å². The van der Waals surface area contributed by atoms with Crippen LogP contribution in [0.5, 0.6) is 0 Å². The molecule has 1 aromatic heterocycles. The molecule has 88 valence electrons. The van der Waals surface area contributed by atoms with Crippen molar-refractivity contribution in [3.63, 3.8) is 0 Å². The Kier molecular flexibility index (Phi) is 3.91. The number of rotatable bonds is 3. The van der Waals surface area contributed by atoms with E-state index in [0.717, 1.165) is 30.0 Å². The third-order valence-electron chi connectivity index (χ3n) is 1.96. The van der Waals surface area contributed by atoms with Crippen LogP contribution in [0.4, 0.5) is 8.78 Å². The van der Waals surface area contributed by atoms with E-state index in [1.807, 2.05) is 0 Å². The maximum Gasteiger partial charge on any atom is 0.151 e. The molecule has 17 heavy (non-hydrogen) atoms. The lowest BCUT2D eigenvalue weighted by molar-refractivity contribution is 0.577. The number of thioether (sulfide) groups is 1. The second-order valence-electron chi connectivity index (χ2n) is 3.21. The molecule has 0 N–H and O–H groups in total. The molecule has 0 aliphatic heterocycles. The monoisotopic (exact) mass is 272 g/mol. The van der Waals surface area contributed by atoms with Crippen molar-refractivity contribution < 1.29 is 8.78 Å². The summed E-state index contributed by atoms with van der Waals surface area (Å²) in [6, 6.07) is 6.64. The molecule has 2 rings (SSSR count). The first kappa shape index (κ1) is 12.3. The van der Waals surface area contributed by atoms with Crippen LogP contribution in [0.1, 0.15) is 5.69 Å². The van der Waals surface area contributed by atoms with Crippen molar-refractivity contribution in [3.8, 4) is 0 Å². The maximum absolute atomic E-state index is 13.3. The molecule has 0 bridgehead atoms. The molecule has 2 nitrogen and oxygen atoms in total. The number of aromatic nitrogens is 2. The molecule has 0 saturated heterocycles. The predicted octanol–water partition coefficient (Wildman–Crippen LogP) is 3.70. The van der Waals surface area contributed by atoms with Gasteiger partial charge in [0.1, 0.15) is 11.6 Å². The van der Waals surface area contributed by atoms with Gasteiger partial charge in [0.25, 0.3) is 0 Å². The van der Waals surface area contributed by atoms with Gasteiger partial charge in [-0.1, -0.05) is 11.6 Å². The number of hydrogen-bond acceptors (Lipinski definition) is 3. The molecule has 1 aromatic carbocycles. The molecular weight excluding hydrogens is 266 g/mol. The maximum atomic E-state index is 13.3. The van der Waals surface area contributed by atoms with Gasteiger partial charge in [0.05, 0.1) is 5.69 Å².